The highest BCUT2D eigenvalue weighted by Crippen LogP contribution is 1.94. The summed E-state index contributed by atoms with van der Waals surface area (Å²) in [7, 11) is 0. The van der Waals surface area contributed by atoms with Gasteiger partial charge in [-0.05, 0) is 25.6 Å². The number of thiol groups is 2. The van der Waals surface area contributed by atoms with Crippen LogP contribution in [-0.2, 0) is 0 Å². The van der Waals surface area contributed by atoms with Gasteiger partial charge in [-0.15, -0.1) is 0 Å². The molecule has 0 aromatic carbocycles. The third-order valence-corrected chi connectivity index (χ3v) is 0.513. The Bertz CT molecular complexity index is 66.7. The van der Waals surface area contributed by atoms with Crippen molar-refractivity contribution in [2.24, 2.45) is 0 Å². The van der Waals surface area contributed by atoms with E-state index in [1.165, 1.54) is 0 Å². The summed E-state index contributed by atoms with van der Waals surface area (Å²) < 4.78 is 0.472. The maximum absolute atomic E-state index is 9.47. The smallest absolute Gasteiger partial charge is 0.427 e. The lowest BCUT2D eigenvalue weighted by Gasteiger charge is -1.95. The molecule has 0 aliphatic heterocycles. The average Bonchev–Trinajstić information content (AvgIpc) is 1.36. The fourth-order valence-corrected chi connectivity index (χ4v) is 0. The van der Waals surface area contributed by atoms with E-state index in [1.807, 2.05) is 0 Å². The Labute approximate surface area is 68.3 Å². The third-order valence-electron chi connectivity index (χ3n) is 0.171. The lowest BCUT2D eigenvalue weighted by Crippen LogP contribution is -2.05. The minimum absolute atomic E-state index is 0. The molecule has 0 saturated carbocycles. The van der Waals surface area contributed by atoms with Crippen molar-refractivity contribution in [1.82, 2.24) is 3.71 Å². The molecule has 0 aromatic heterocycles. The van der Waals surface area contributed by atoms with Crippen LogP contribution in [0.15, 0.2) is 0 Å². The van der Waals surface area contributed by atoms with E-state index in [4.69, 9.17) is 5.11 Å². The fraction of sp³-hybridized carbons (Fsp3) is 0. The van der Waals surface area contributed by atoms with Gasteiger partial charge in [0.2, 0.25) is 0 Å². The Morgan fingerprint density at radius 1 is 1.57 bits per heavy atom. The van der Waals surface area contributed by atoms with Gasteiger partial charge in [0.05, 0.1) is 0 Å². The highest BCUT2D eigenvalue weighted by atomic mass is 32.2. The molecule has 0 aliphatic rings. The van der Waals surface area contributed by atoms with Gasteiger partial charge in [-0.2, -0.15) is 3.71 Å². The van der Waals surface area contributed by atoms with Crippen molar-refractivity contribution in [1.29, 1.82) is 0 Å². The summed E-state index contributed by atoms with van der Waals surface area (Å²) in [5, 5.41) is 7.76. The van der Waals surface area contributed by atoms with E-state index >= 15 is 0 Å². The molecule has 1 N–H and O–H groups in total. The Hall–Kier alpha value is 0.736. The van der Waals surface area contributed by atoms with Crippen LogP contribution in [0.5, 0.6) is 0 Å². The van der Waals surface area contributed by atoms with E-state index in [9.17, 15) is 4.79 Å². The molecule has 7 heavy (non-hydrogen) atoms. The van der Waals surface area contributed by atoms with Crippen LogP contribution in [-0.4, -0.2) is 38.0 Å². The molecule has 0 aromatic rings. The Kier molecular flexibility index (Phi) is 7.44. The Morgan fingerprint density at radius 2 is 1.71 bits per heavy atom. The fourth-order valence-electron chi connectivity index (χ4n) is 0. The lowest BCUT2D eigenvalue weighted by atomic mass is 11.3. The minimum atomic E-state index is -1.18. The Balaban J connectivity index is 0. The van der Waals surface area contributed by atoms with Gasteiger partial charge < -0.3 is 5.11 Å². The summed E-state index contributed by atoms with van der Waals surface area (Å²) in [4.78, 5) is 9.47. The van der Waals surface area contributed by atoms with Crippen molar-refractivity contribution in [3.05, 3.63) is 0 Å². The minimum Gasteiger partial charge on any atom is -0.464 e. The largest absolute Gasteiger partial charge is 0.464 e. The first-order valence-corrected chi connectivity index (χ1v) is 1.85. The van der Waals surface area contributed by atoms with E-state index in [0.29, 0.717) is 3.71 Å². The number of carbonyl (C=O) groups is 1. The molecule has 1 amide bonds. The van der Waals surface area contributed by atoms with Crippen molar-refractivity contribution < 1.29 is 9.90 Å². The van der Waals surface area contributed by atoms with Gasteiger partial charge in [0.15, 0.2) is 0 Å². The molecule has 0 rings (SSSR count). The molecule has 6 heteroatoms. The molecule has 0 saturated heterocycles. The van der Waals surface area contributed by atoms with Crippen LogP contribution in [0.3, 0.4) is 0 Å². The summed E-state index contributed by atoms with van der Waals surface area (Å²) in [5.41, 5.74) is 0. The molecule has 0 atom stereocenters. The molecule has 0 unspecified atom stereocenters. The summed E-state index contributed by atoms with van der Waals surface area (Å²) in [6.07, 6.45) is -1.18. The van der Waals surface area contributed by atoms with Crippen molar-refractivity contribution in [2.45, 2.75) is 0 Å². The van der Waals surface area contributed by atoms with Crippen LogP contribution in [0.4, 0.5) is 4.79 Å². The summed E-state index contributed by atoms with van der Waals surface area (Å²) in [6.45, 7) is 0. The van der Waals surface area contributed by atoms with Crippen molar-refractivity contribution >= 4 is 54.8 Å². The van der Waals surface area contributed by atoms with E-state index in [0.717, 1.165) is 0 Å². The number of rotatable bonds is 0. The van der Waals surface area contributed by atoms with Gasteiger partial charge in [-0.25, -0.2) is 4.79 Å². The van der Waals surface area contributed by atoms with Crippen LogP contribution >= 0.6 is 25.6 Å². The van der Waals surface area contributed by atoms with Crippen LogP contribution in [0.2, 0.25) is 0 Å². The summed E-state index contributed by atoms with van der Waals surface area (Å²) in [5.74, 6) is 0. The topological polar surface area (TPSA) is 40.5 Å². The van der Waals surface area contributed by atoms with Crippen molar-refractivity contribution in [3.8, 4) is 0 Å². The van der Waals surface area contributed by atoms with Gasteiger partial charge in [0.25, 0.3) is 0 Å². The number of amides is 1. The number of hydrogen-bond donors (Lipinski definition) is 3. The molecule has 3 nitrogen and oxygen atoms in total. The van der Waals surface area contributed by atoms with Crippen LogP contribution in [0, 0.1) is 0 Å². The molecular formula is CH5MgNO2S2. The third kappa shape index (κ3) is 6.74. The normalized spacial score (nSPS) is 6.57. The highest BCUT2D eigenvalue weighted by molar-refractivity contribution is 7.94. The lowest BCUT2D eigenvalue weighted by molar-refractivity contribution is 0.191. The SMILES string of the molecule is O=C(O)N(S)S.[MgH2]. The molecule has 0 aliphatic carbocycles. The second-order valence-electron chi connectivity index (χ2n) is 0.572. The maximum Gasteiger partial charge on any atom is 0.427 e. The zero-order chi connectivity index (χ0) is 5.15. The predicted molar refractivity (Wildman–Crippen MR) is 36.4 cm³/mol. The molecule has 0 bridgehead atoms. The van der Waals surface area contributed by atoms with Crippen LogP contribution in [0.1, 0.15) is 0 Å². The first kappa shape index (κ1) is 10.7. The number of hydrogen-bond acceptors (Lipinski definition) is 3. The van der Waals surface area contributed by atoms with E-state index in [-0.39, 0.29) is 23.1 Å². The quantitative estimate of drug-likeness (QED) is 0.330. The van der Waals surface area contributed by atoms with Gasteiger partial charge in [-0.1, -0.05) is 0 Å². The Morgan fingerprint density at radius 3 is 1.71 bits per heavy atom. The van der Waals surface area contributed by atoms with Crippen LogP contribution in [0.25, 0.3) is 0 Å². The molecule has 0 radical (unpaired) electrons. The van der Waals surface area contributed by atoms with Gasteiger partial charge in [0, 0.05) is 0 Å². The zero-order valence-electron chi connectivity index (χ0n) is 2.70. The van der Waals surface area contributed by atoms with E-state index in [2.05, 4.69) is 25.6 Å². The summed E-state index contributed by atoms with van der Waals surface area (Å²) >= 11 is 6.58. The van der Waals surface area contributed by atoms with Crippen molar-refractivity contribution in [2.75, 3.05) is 0 Å². The van der Waals surface area contributed by atoms with Crippen LogP contribution < -0.4 is 0 Å². The van der Waals surface area contributed by atoms with Gasteiger partial charge >= 0.3 is 29.1 Å². The second kappa shape index (κ2) is 4.88. The first-order valence-electron chi connectivity index (χ1n) is 1.05. The zero-order valence-corrected chi connectivity index (χ0v) is 4.49. The summed E-state index contributed by atoms with van der Waals surface area (Å²) in [6, 6.07) is 0. The number of nitrogens with zero attached hydrogens (tertiary/aromatic N) is 1. The second-order valence-corrected chi connectivity index (χ2v) is 1.69. The molecule has 0 spiro atoms. The maximum atomic E-state index is 9.47. The molecule has 40 valence electrons. The van der Waals surface area contributed by atoms with E-state index in [1.54, 1.807) is 0 Å². The van der Waals surface area contributed by atoms with E-state index < -0.39 is 6.09 Å². The molecule has 0 fully saturated rings. The van der Waals surface area contributed by atoms with Crippen molar-refractivity contribution in [3.63, 3.8) is 0 Å². The van der Waals surface area contributed by atoms with Gasteiger partial charge in [0.1, 0.15) is 0 Å². The number of carboxylic acid groups (broad SMARTS) is 1. The highest BCUT2D eigenvalue weighted by Gasteiger charge is 1.95. The van der Waals surface area contributed by atoms with Gasteiger partial charge in [-0.3, -0.25) is 0 Å². The average molecular weight is 151 g/mol. The predicted octanol–water partition coefficient (Wildman–Crippen LogP) is -0.260. The standard InChI is InChI=1S/CH3NO2S2.Mg.2H/c3-1(4)2(5)6;;;/h5-6H,(H,3,4);;;. The molecule has 0 heterocycles. The molecular weight excluding hydrogens is 146 g/mol. The first-order chi connectivity index (χ1) is 2.64. The monoisotopic (exact) mass is 151 g/mol.